The van der Waals surface area contributed by atoms with Gasteiger partial charge in [0, 0.05) is 25.2 Å². The fourth-order valence-electron chi connectivity index (χ4n) is 3.19. The number of alkyl halides is 3. The van der Waals surface area contributed by atoms with Crippen LogP contribution >= 0.6 is 0 Å². The first-order chi connectivity index (χ1) is 8.96. The van der Waals surface area contributed by atoms with Crippen LogP contribution in [0.1, 0.15) is 26.2 Å². The molecule has 0 aromatic heterocycles. The van der Waals surface area contributed by atoms with Crippen molar-refractivity contribution in [2.75, 3.05) is 39.3 Å². The highest BCUT2D eigenvalue weighted by molar-refractivity contribution is 4.87. The summed E-state index contributed by atoms with van der Waals surface area (Å²) in [5, 5.41) is 2.52. The predicted octanol–water partition coefficient (Wildman–Crippen LogP) is 1.70. The van der Waals surface area contributed by atoms with Gasteiger partial charge in [0.25, 0.3) is 0 Å². The van der Waals surface area contributed by atoms with Crippen LogP contribution in [0.4, 0.5) is 13.2 Å². The van der Waals surface area contributed by atoms with Gasteiger partial charge in [0.1, 0.15) is 0 Å². The lowest BCUT2D eigenvalue weighted by atomic mass is 10.2. The number of fused-ring (bicyclic) bond motifs is 1. The van der Waals surface area contributed by atoms with Crippen molar-refractivity contribution in [1.82, 2.24) is 15.1 Å². The van der Waals surface area contributed by atoms with Crippen LogP contribution in [0.3, 0.4) is 0 Å². The fourth-order valence-corrected chi connectivity index (χ4v) is 3.19. The van der Waals surface area contributed by atoms with E-state index in [-0.39, 0.29) is 6.04 Å². The Hall–Kier alpha value is -0.330. The molecule has 0 aromatic rings. The predicted molar refractivity (Wildman–Crippen MR) is 69.2 cm³/mol. The second kappa shape index (κ2) is 6.41. The zero-order valence-electron chi connectivity index (χ0n) is 11.5. The molecular weight excluding hydrogens is 255 g/mol. The van der Waals surface area contributed by atoms with E-state index in [9.17, 15) is 13.2 Å². The van der Waals surface area contributed by atoms with Gasteiger partial charge in [-0.25, -0.2) is 0 Å². The molecule has 0 aromatic carbocycles. The highest BCUT2D eigenvalue weighted by Gasteiger charge is 2.31. The van der Waals surface area contributed by atoms with Gasteiger partial charge in [-0.3, -0.25) is 9.80 Å². The SMILES string of the molecule is CC(CNCC(F)(F)F)N1CCCN2CCCC2C1. The van der Waals surface area contributed by atoms with Crippen molar-refractivity contribution in [3.63, 3.8) is 0 Å². The lowest BCUT2D eigenvalue weighted by Gasteiger charge is -2.30. The molecule has 2 fully saturated rings. The Morgan fingerprint density at radius 1 is 1.21 bits per heavy atom. The van der Waals surface area contributed by atoms with Crippen LogP contribution in [-0.2, 0) is 0 Å². The number of hydrogen-bond acceptors (Lipinski definition) is 3. The Bertz CT molecular complexity index is 283. The minimum atomic E-state index is -4.11. The van der Waals surface area contributed by atoms with E-state index < -0.39 is 12.7 Å². The fraction of sp³-hybridized carbons (Fsp3) is 1.00. The smallest absolute Gasteiger partial charge is 0.307 e. The molecule has 2 heterocycles. The van der Waals surface area contributed by atoms with Crippen molar-refractivity contribution in [1.29, 1.82) is 0 Å². The van der Waals surface area contributed by atoms with Gasteiger partial charge >= 0.3 is 6.18 Å². The lowest BCUT2D eigenvalue weighted by molar-refractivity contribution is -0.125. The molecule has 3 nitrogen and oxygen atoms in total. The van der Waals surface area contributed by atoms with Crippen LogP contribution in [0.15, 0.2) is 0 Å². The van der Waals surface area contributed by atoms with Crippen LogP contribution in [0.2, 0.25) is 0 Å². The van der Waals surface area contributed by atoms with Crippen molar-refractivity contribution >= 4 is 0 Å². The monoisotopic (exact) mass is 279 g/mol. The average Bonchev–Trinajstić information content (AvgIpc) is 2.64. The Kier molecular flexibility index (Phi) is 5.09. The lowest BCUT2D eigenvalue weighted by Crippen LogP contribution is -2.46. The normalized spacial score (nSPS) is 28.1. The Balaban J connectivity index is 1.76. The molecule has 0 spiro atoms. The van der Waals surface area contributed by atoms with E-state index in [0.29, 0.717) is 12.6 Å². The number of hydrogen-bond donors (Lipinski definition) is 1. The molecule has 19 heavy (non-hydrogen) atoms. The van der Waals surface area contributed by atoms with Crippen LogP contribution in [0, 0.1) is 0 Å². The maximum Gasteiger partial charge on any atom is 0.401 e. The van der Waals surface area contributed by atoms with E-state index in [1.807, 2.05) is 6.92 Å². The van der Waals surface area contributed by atoms with E-state index >= 15 is 0 Å². The molecule has 2 saturated heterocycles. The van der Waals surface area contributed by atoms with Gasteiger partial charge in [0.2, 0.25) is 0 Å². The second-order valence-corrected chi connectivity index (χ2v) is 5.78. The van der Waals surface area contributed by atoms with Crippen LogP contribution in [-0.4, -0.2) is 67.3 Å². The van der Waals surface area contributed by atoms with E-state index in [1.165, 1.54) is 19.4 Å². The van der Waals surface area contributed by atoms with Crippen molar-refractivity contribution in [3.8, 4) is 0 Å². The van der Waals surface area contributed by atoms with E-state index in [2.05, 4.69) is 15.1 Å². The first-order valence-corrected chi connectivity index (χ1v) is 7.21. The van der Waals surface area contributed by atoms with Gasteiger partial charge in [-0.05, 0) is 45.8 Å². The van der Waals surface area contributed by atoms with Crippen molar-refractivity contribution in [3.05, 3.63) is 0 Å². The number of nitrogens with one attached hydrogen (secondary N) is 1. The van der Waals surface area contributed by atoms with Gasteiger partial charge < -0.3 is 5.32 Å². The first-order valence-electron chi connectivity index (χ1n) is 7.21. The summed E-state index contributed by atoms with van der Waals surface area (Å²) in [7, 11) is 0. The van der Waals surface area contributed by atoms with Crippen LogP contribution in [0.5, 0.6) is 0 Å². The largest absolute Gasteiger partial charge is 0.401 e. The Morgan fingerprint density at radius 3 is 2.68 bits per heavy atom. The van der Waals surface area contributed by atoms with Crippen LogP contribution < -0.4 is 5.32 Å². The average molecular weight is 279 g/mol. The van der Waals surface area contributed by atoms with Gasteiger partial charge in [0.15, 0.2) is 0 Å². The summed E-state index contributed by atoms with van der Waals surface area (Å²) in [6.45, 7) is 5.89. The maximum absolute atomic E-state index is 12.1. The standard InChI is InChI=1S/C13H24F3N3/c1-11(8-17-10-13(14,15)16)19-7-3-6-18-5-2-4-12(18)9-19/h11-12,17H,2-10H2,1H3. The molecule has 6 heteroatoms. The van der Waals surface area contributed by atoms with Gasteiger partial charge in [0.05, 0.1) is 6.54 Å². The molecule has 2 rings (SSSR count). The maximum atomic E-state index is 12.1. The summed E-state index contributed by atoms with van der Waals surface area (Å²) >= 11 is 0. The molecule has 0 radical (unpaired) electrons. The molecular formula is C13H24F3N3. The van der Waals surface area contributed by atoms with E-state index in [4.69, 9.17) is 0 Å². The zero-order chi connectivity index (χ0) is 13.9. The summed E-state index contributed by atoms with van der Waals surface area (Å²) in [4.78, 5) is 4.88. The molecule has 0 saturated carbocycles. The van der Waals surface area contributed by atoms with E-state index in [1.54, 1.807) is 0 Å². The highest BCUT2D eigenvalue weighted by Crippen LogP contribution is 2.22. The van der Waals surface area contributed by atoms with E-state index in [0.717, 1.165) is 26.1 Å². The zero-order valence-corrected chi connectivity index (χ0v) is 11.5. The number of halogens is 3. The molecule has 0 bridgehead atoms. The molecule has 2 aliphatic rings. The third-order valence-corrected chi connectivity index (χ3v) is 4.22. The Morgan fingerprint density at radius 2 is 1.95 bits per heavy atom. The third kappa shape index (κ3) is 4.61. The van der Waals surface area contributed by atoms with Crippen LogP contribution in [0.25, 0.3) is 0 Å². The molecule has 2 unspecified atom stereocenters. The molecule has 1 N–H and O–H groups in total. The molecule has 0 amide bonds. The number of nitrogens with zero attached hydrogens (tertiary/aromatic N) is 2. The summed E-state index contributed by atoms with van der Waals surface area (Å²) < 4.78 is 36.3. The Labute approximate surface area is 113 Å². The van der Waals surface area contributed by atoms with Gasteiger partial charge in [-0.1, -0.05) is 0 Å². The summed E-state index contributed by atoms with van der Waals surface area (Å²) in [5.74, 6) is 0. The topological polar surface area (TPSA) is 18.5 Å². The molecule has 112 valence electrons. The third-order valence-electron chi connectivity index (χ3n) is 4.22. The van der Waals surface area contributed by atoms with Crippen molar-refractivity contribution < 1.29 is 13.2 Å². The van der Waals surface area contributed by atoms with Gasteiger partial charge in [-0.2, -0.15) is 13.2 Å². The molecule has 0 aliphatic carbocycles. The van der Waals surface area contributed by atoms with Crippen molar-refractivity contribution in [2.24, 2.45) is 0 Å². The minimum Gasteiger partial charge on any atom is -0.307 e. The number of rotatable bonds is 4. The quantitative estimate of drug-likeness (QED) is 0.845. The second-order valence-electron chi connectivity index (χ2n) is 5.78. The molecule has 2 aliphatic heterocycles. The highest BCUT2D eigenvalue weighted by atomic mass is 19.4. The van der Waals surface area contributed by atoms with Gasteiger partial charge in [-0.15, -0.1) is 0 Å². The van der Waals surface area contributed by atoms with Crippen molar-refractivity contribution in [2.45, 2.75) is 44.4 Å². The first kappa shape index (κ1) is 15.1. The summed E-state index contributed by atoms with van der Waals surface area (Å²) in [6.07, 6.45) is -0.487. The summed E-state index contributed by atoms with van der Waals surface area (Å²) in [5.41, 5.74) is 0. The minimum absolute atomic E-state index is 0.169. The summed E-state index contributed by atoms with van der Waals surface area (Å²) in [6, 6.07) is 0.787. The molecule has 2 atom stereocenters.